The Morgan fingerprint density at radius 3 is 2.81 bits per heavy atom. The summed E-state index contributed by atoms with van der Waals surface area (Å²) in [6.07, 6.45) is 0.721. The second-order valence-corrected chi connectivity index (χ2v) is 9.54. The first kappa shape index (κ1) is 17.1. The zero-order valence-electron chi connectivity index (χ0n) is 13.7. The molecule has 2 aliphatic heterocycles. The van der Waals surface area contributed by atoms with Gasteiger partial charge in [-0.05, 0) is 18.6 Å². The summed E-state index contributed by atoms with van der Waals surface area (Å²) in [5.41, 5.74) is 1.01. The number of benzene rings is 1. The monoisotopic (exact) mass is 392 g/mol. The molecule has 10 heteroatoms. The van der Waals surface area contributed by atoms with Crippen molar-refractivity contribution in [1.82, 2.24) is 9.99 Å². The molecule has 0 radical (unpaired) electrons. The van der Waals surface area contributed by atoms with Crippen LogP contribution in [0, 0.1) is 0 Å². The van der Waals surface area contributed by atoms with E-state index in [0.717, 1.165) is 10.2 Å². The molecule has 0 bridgehead atoms. The van der Waals surface area contributed by atoms with Gasteiger partial charge in [-0.15, -0.1) is 0 Å². The third-order valence-corrected chi connectivity index (χ3v) is 7.09. The number of thiazole rings is 1. The van der Waals surface area contributed by atoms with E-state index >= 15 is 0 Å². The van der Waals surface area contributed by atoms with Crippen molar-refractivity contribution in [2.75, 3.05) is 16.8 Å². The van der Waals surface area contributed by atoms with Gasteiger partial charge in [0.15, 0.2) is 15.0 Å². The number of sulfone groups is 1. The number of anilines is 1. The number of nitrogens with one attached hydrogen (secondary N) is 1. The summed E-state index contributed by atoms with van der Waals surface area (Å²) in [5, 5.41) is 8.53. The van der Waals surface area contributed by atoms with Crippen LogP contribution in [0.4, 0.5) is 5.13 Å². The average Bonchev–Trinajstić information content (AvgIpc) is 3.17. The Labute approximate surface area is 153 Å². The van der Waals surface area contributed by atoms with Gasteiger partial charge in [-0.2, -0.15) is 5.10 Å². The summed E-state index contributed by atoms with van der Waals surface area (Å²) in [7, 11) is -3.14. The van der Waals surface area contributed by atoms with Crippen molar-refractivity contribution >= 4 is 54.0 Å². The molecule has 4 rings (SSSR count). The number of hydrazone groups is 1. The molecule has 0 saturated carbocycles. The topological polar surface area (TPSA) is 109 Å². The third-order valence-electron chi connectivity index (χ3n) is 4.39. The average molecular weight is 392 g/mol. The minimum atomic E-state index is -3.14. The number of para-hydroxylation sites is 1. The van der Waals surface area contributed by atoms with Crippen LogP contribution in [-0.2, 0) is 19.4 Å². The van der Waals surface area contributed by atoms with Crippen LogP contribution in [0.2, 0.25) is 0 Å². The lowest BCUT2D eigenvalue weighted by Gasteiger charge is -2.27. The molecule has 0 aliphatic carbocycles. The van der Waals surface area contributed by atoms with E-state index in [0.29, 0.717) is 11.6 Å². The summed E-state index contributed by atoms with van der Waals surface area (Å²) >= 11 is 1.36. The van der Waals surface area contributed by atoms with E-state index in [4.69, 9.17) is 0 Å². The first-order chi connectivity index (χ1) is 12.4. The Kier molecular flexibility index (Phi) is 4.23. The lowest BCUT2D eigenvalue weighted by Crippen LogP contribution is -2.42. The minimum Gasteiger partial charge on any atom is -0.297 e. The molecule has 1 unspecified atom stereocenters. The van der Waals surface area contributed by atoms with Gasteiger partial charge in [0, 0.05) is 12.8 Å². The van der Waals surface area contributed by atoms with E-state index in [2.05, 4.69) is 15.4 Å². The number of carbonyl (C=O) groups excluding carboxylic acids is 2. The summed E-state index contributed by atoms with van der Waals surface area (Å²) in [5.74, 6) is -0.717. The fraction of sp³-hybridized carbons (Fsp3) is 0.375. The fourth-order valence-corrected chi connectivity index (χ4v) is 5.64. The third kappa shape index (κ3) is 3.34. The Hall–Kier alpha value is -2.33. The van der Waals surface area contributed by atoms with Crippen molar-refractivity contribution in [2.45, 2.75) is 25.3 Å². The molecule has 1 saturated heterocycles. The molecule has 2 aromatic rings. The highest BCUT2D eigenvalue weighted by Crippen LogP contribution is 2.26. The van der Waals surface area contributed by atoms with Gasteiger partial charge < -0.3 is 0 Å². The second-order valence-electron chi connectivity index (χ2n) is 6.28. The second kappa shape index (κ2) is 6.44. The van der Waals surface area contributed by atoms with Crippen molar-refractivity contribution in [1.29, 1.82) is 0 Å². The highest BCUT2D eigenvalue weighted by atomic mass is 32.2. The van der Waals surface area contributed by atoms with E-state index < -0.39 is 21.8 Å². The number of nitrogens with zero attached hydrogens (tertiary/aromatic N) is 3. The Morgan fingerprint density at radius 1 is 1.27 bits per heavy atom. The van der Waals surface area contributed by atoms with Gasteiger partial charge in [0.25, 0.3) is 5.91 Å². The molecule has 2 amide bonds. The van der Waals surface area contributed by atoms with Crippen LogP contribution >= 0.6 is 11.3 Å². The number of hydrogen-bond donors (Lipinski definition) is 1. The molecule has 136 valence electrons. The van der Waals surface area contributed by atoms with E-state index in [1.165, 1.54) is 16.3 Å². The number of carbonyl (C=O) groups is 2. The summed E-state index contributed by atoms with van der Waals surface area (Å²) in [4.78, 5) is 29.0. The SMILES string of the molecule is O=C(Nc1nc2ccccc2s1)C1=NN(C2CCS(=O)(=O)C2)C(=O)CC1. The molecule has 26 heavy (non-hydrogen) atoms. The lowest BCUT2D eigenvalue weighted by atomic mass is 10.1. The first-order valence-corrected chi connectivity index (χ1v) is 10.8. The van der Waals surface area contributed by atoms with Crippen LogP contribution in [0.1, 0.15) is 19.3 Å². The van der Waals surface area contributed by atoms with Crippen molar-refractivity contribution in [3.05, 3.63) is 24.3 Å². The van der Waals surface area contributed by atoms with E-state index in [-0.39, 0.29) is 36.0 Å². The predicted octanol–water partition coefficient (Wildman–Crippen LogP) is 1.40. The number of amides is 2. The zero-order chi connectivity index (χ0) is 18.3. The van der Waals surface area contributed by atoms with Crippen molar-refractivity contribution in [3.63, 3.8) is 0 Å². The molecular weight excluding hydrogens is 376 g/mol. The summed E-state index contributed by atoms with van der Waals surface area (Å²) < 4.78 is 24.3. The smallest absolute Gasteiger partial charge is 0.273 e. The normalized spacial score (nSPS) is 22.5. The van der Waals surface area contributed by atoms with Gasteiger partial charge in [-0.1, -0.05) is 23.5 Å². The number of hydrogen-bond acceptors (Lipinski definition) is 7. The van der Waals surface area contributed by atoms with Gasteiger partial charge in [-0.25, -0.2) is 18.4 Å². The zero-order valence-corrected chi connectivity index (χ0v) is 15.3. The van der Waals surface area contributed by atoms with Crippen LogP contribution < -0.4 is 5.32 Å². The first-order valence-electron chi connectivity index (χ1n) is 8.18. The van der Waals surface area contributed by atoms with Crippen LogP contribution in [0.5, 0.6) is 0 Å². The van der Waals surface area contributed by atoms with Crippen LogP contribution in [0.3, 0.4) is 0 Å². The number of aromatic nitrogens is 1. The molecule has 1 atom stereocenters. The van der Waals surface area contributed by atoms with Gasteiger partial charge in [0.1, 0.15) is 5.71 Å². The largest absolute Gasteiger partial charge is 0.297 e. The summed E-state index contributed by atoms with van der Waals surface area (Å²) in [6, 6.07) is 7.06. The number of rotatable bonds is 3. The van der Waals surface area contributed by atoms with E-state index in [1.54, 1.807) is 0 Å². The molecule has 2 aliphatic rings. The van der Waals surface area contributed by atoms with Crippen LogP contribution in [0.15, 0.2) is 29.4 Å². The quantitative estimate of drug-likeness (QED) is 0.849. The standard InChI is InChI=1S/C16H16N4O4S2/c21-14-6-5-12(19-20(14)10-7-8-26(23,24)9-10)15(22)18-16-17-11-3-1-2-4-13(11)25-16/h1-4,10H,5-9H2,(H,17,18,22). The van der Waals surface area contributed by atoms with Gasteiger partial charge >= 0.3 is 0 Å². The Morgan fingerprint density at radius 2 is 2.08 bits per heavy atom. The fourth-order valence-electron chi connectivity index (χ4n) is 3.08. The molecule has 0 spiro atoms. The summed E-state index contributed by atoms with van der Waals surface area (Å²) in [6.45, 7) is 0. The molecule has 1 aromatic carbocycles. The molecule has 1 N–H and O–H groups in total. The highest BCUT2D eigenvalue weighted by Gasteiger charge is 2.37. The lowest BCUT2D eigenvalue weighted by molar-refractivity contribution is -0.133. The van der Waals surface area contributed by atoms with Crippen molar-refractivity contribution in [3.8, 4) is 0 Å². The Balaban J connectivity index is 1.53. The Bertz CT molecular complexity index is 995. The van der Waals surface area contributed by atoms with Crippen molar-refractivity contribution < 1.29 is 18.0 Å². The molecule has 3 heterocycles. The van der Waals surface area contributed by atoms with Gasteiger partial charge in [-0.3, -0.25) is 14.9 Å². The molecule has 1 aromatic heterocycles. The molecule has 1 fully saturated rings. The van der Waals surface area contributed by atoms with Gasteiger partial charge in [0.2, 0.25) is 5.91 Å². The van der Waals surface area contributed by atoms with Crippen molar-refractivity contribution in [2.24, 2.45) is 5.10 Å². The van der Waals surface area contributed by atoms with E-state index in [1.807, 2.05) is 24.3 Å². The van der Waals surface area contributed by atoms with Crippen LogP contribution in [-0.4, -0.2) is 53.5 Å². The maximum absolute atomic E-state index is 12.5. The van der Waals surface area contributed by atoms with E-state index in [9.17, 15) is 18.0 Å². The number of fused-ring (bicyclic) bond motifs is 1. The van der Waals surface area contributed by atoms with Gasteiger partial charge in [0.05, 0.1) is 27.8 Å². The minimum absolute atomic E-state index is 0.0458. The maximum Gasteiger partial charge on any atom is 0.273 e. The predicted molar refractivity (Wildman–Crippen MR) is 98.8 cm³/mol. The molecule has 8 nitrogen and oxygen atoms in total. The highest BCUT2D eigenvalue weighted by molar-refractivity contribution is 7.91. The molecular formula is C16H16N4O4S2. The maximum atomic E-state index is 12.5. The van der Waals surface area contributed by atoms with Crippen LogP contribution in [0.25, 0.3) is 10.2 Å².